The van der Waals surface area contributed by atoms with Gasteiger partial charge in [-0.3, -0.25) is 0 Å². The molecule has 0 heterocycles. The summed E-state index contributed by atoms with van der Waals surface area (Å²) in [5.74, 6) is 2.60. The van der Waals surface area contributed by atoms with Crippen LogP contribution in [0, 0.1) is 34.5 Å². The van der Waals surface area contributed by atoms with Crippen LogP contribution in [-0.4, -0.2) is 17.8 Å². The van der Waals surface area contributed by atoms with E-state index in [1.807, 2.05) is 0 Å². The van der Waals surface area contributed by atoms with Gasteiger partial charge in [-0.15, -0.1) is 0 Å². The molecule has 5 atom stereocenters. The lowest BCUT2D eigenvalue weighted by atomic mass is 9.65. The van der Waals surface area contributed by atoms with E-state index in [1.54, 1.807) is 0 Å². The lowest BCUT2D eigenvalue weighted by Gasteiger charge is -2.41. The van der Waals surface area contributed by atoms with Gasteiger partial charge in [0.15, 0.2) is 0 Å². The van der Waals surface area contributed by atoms with Gasteiger partial charge in [-0.05, 0) is 108 Å². The van der Waals surface area contributed by atoms with E-state index in [0.29, 0.717) is 28.6 Å². The summed E-state index contributed by atoms with van der Waals surface area (Å²) in [6, 6.07) is 17.7. The van der Waals surface area contributed by atoms with Gasteiger partial charge < -0.3 is 9.29 Å². The van der Waals surface area contributed by atoms with Crippen LogP contribution in [0.15, 0.2) is 53.4 Å². The van der Waals surface area contributed by atoms with E-state index in [9.17, 15) is 5.11 Å². The first-order chi connectivity index (χ1) is 19.9. The molecule has 2 aromatic carbocycles. The van der Waals surface area contributed by atoms with E-state index in [4.69, 9.17) is 4.18 Å². The summed E-state index contributed by atoms with van der Waals surface area (Å²) in [6.45, 7) is 20.0. The average Bonchev–Trinajstić information content (AvgIpc) is 2.96. The van der Waals surface area contributed by atoms with Gasteiger partial charge in [-0.1, -0.05) is 117 Å². The molecule has 3 heteroatoms. The zero-order valence-corrected chi connectivity index (χ0v) is 29.1. The van der Waals surface area contributed by atoms with E-state index >= 15 is 0 Å². The lowest BCUT2D eigenvalue weighted by molar-refractivity contribution is 0.0218. The molecule has 1 N–H and O–H groups in total. The van der Waals surface area contributed by atoms with E-state index in [-0.39, 0.29) is 6.10 Å². The normalized spacial score (nSPS) is 21.2. The fraction of sp³-hybridized carbons (Fsp3) is 0.692. The Morgan fingerprint density at radius 1 is 0.952 bits per heavy atom. The second-order valence-electron chi connectivity index (χ2n) is 15.0. The number of hydrogen-bond donors (Lipinski definition) is 1. The molecule has 0 radical (unpaired) electrons. The zero-order valence-electron chi connectivity index (χ0n) is 28.3. The Bertz CT molecular complexity index is 1030. The van der Waals surface area contributed by atoms with Crippen molar-refractivity contribution in [2.45, 2.75) is 137 Å². The van der Waals surface area contributed by atoms with E-state index < -0.39 is 0 Å². The quantitative estimate of drug-likeness (QED) is 0.185. The highest BCUT2D eigenvalue weighted by Gasteiger charge is 2.36. The average molecular weight is 595 g/mol. The molecule has 0 spiro atoms. The number of benzene rings is 2. The van der Waals surface area contributed by atoms with Crippen LogP contribution < -0.4 is 0 Å². The number of aliphatic hydroxyl groups is 1. The Labute approximate surface area is 264 Å². The van der Waals surface area contributed by atoms with Gasteiger partial charge in [-0.25, -0.2) is 0 Å². The van der Waals surface area contributed by atoms with Crippen molar-refractivity contribution in [3.8, 4) is 11.1 Å². The van der Waals surface area contributed by atoms with Crippen molar-refractivity contribution in [3.63, 3.8) is 0 Å². The van der Waals surface area contributed by atoms with Gasteiger partial charge in [0.25, 0.3) is 0 Å². The first-order valence-corrected chi connectivity index (χ1v) is 17.9. The van der Waals surface area contributed by atoms with E-state index in [2.05, 4.69) is 104 Å². The summed E-state index contributed by atoms with van der Waals surface area (Å²) in [4.78, 5) is 1.17. The second kappa shape index (κ2) is 16.7. The van der Waals surface area contributed by atoms with Crippen molar-refractivity contribution in [2.24, 2.45) is 34.5 Å². The fourth-order valence-corrected chi connectivity index (χ4v) is 8.24. The third kappa shape index (κ3) is 10.7. The molecule has 0 saturated heterocycles. The van der Waals surface area contributed by atoms with Gasteiger partial charge >= 0.3 is 0 Å². The van der Waals surface area contributed by atoms with Gasteiger partial charge in [0.05, 0.1) is 12.7 Å². The van der Waals surface area contributed by atoms with Crippen LogP contribution in [0.2, 0.25) is 0 Å². The molecule has 236 valence electrons. The predicted octanol–water partition coefficient (Wildman–Crippen LogP) is 11.8. The maximum absolute atomic E-state index is 10.2. The molecule has 42 heavy (non-hydrogen) atoms. The minimum Gasteiger partial charge on any atom is -0.393 e. The Morgan fingerprint density at radius 3 is 2.21 bits per heavy atom. The van der Waals surface area contributed by atoms with Crippen LogP contribution in [0.3, 0.4) is 0 Å². The highest BCUT2D eigenvalue weighted by Crippen LogP contribution is 2.44. The Balaban J connectivity index is 1.47. The molecule has 1 saturated carbocycles. The van der Waals surface area contributed by atoms with Crippen molar-refractivity contribution in [1.29, 1.82) is 0 Å². The van der Waals surface area contributed by atoms with Gasteiger partial charge in [0, 0.05) is 16.9 Å². The minimum absolute atomic E-state index is 0.0791. The molecule has 0 aromatic heterocycles. The van der Waals surface area contributed by atoms with Crippen LogP contribution in [0.25, 0.3) is 11.1 Å². The smallest absolute Gasteiger partial charge is 0.0646 e. The van der Waals surface area contributed by atoms with Gasteiger partial charge in [0.1, 0.15) is 0 Å². The van der Waals surface area contributed by atoms with Crippen LogP contribution in [0.4, 0.5) is 0 Å². The predicted molar refractivity (Wildman–Crippen MR) is 184 cm³/mol. The maximum atomic E-state index is 10.2. The lowest BCUT2D eigenvalue weighted by Crippen LogP contribution is -2.34. The van der Waals surface area contributed by atoms with Crippen molar-refractivity contribution in [2.75, 3.05) is 6.61 Å². The van der Waals surface area contributed by atoms with Gasteiger partial charge in [-0.2, -0.15) is 0 Å². The van der Waals surface area contributed by atoms with E-state index in [1.165, 1.54) is 85.0 Å². The number of aliphatic hydroxyl groups excluding tert-OH is 1. The molecule has 3 unspecified atom stereocenters. The molecule has 1 aliphatic rings. The van der Waals surface area contributed by atoms with Crippen LogP contribution in [-0.2, 0) is 10.6 Å². The number of hydrogen-bond acceptors (Lipinski definition) is 3. The number of rotatable bonds is 17. The standard InChI is InChI=1S/C39H62O2S/c1-9-25-39(7,8)37(13-11-12-29(3)14-21-34-27-35(40)24-26-38(34,5)6)30(4)28-41-42-36-22-19-33(20-23-36)32-17-15-31(10-2)16-18-32/h15-20,22-23,29-30,34-35,37,40H,9-14,21,24-28H2,1-8H3/t29?,30-,34?,35-,37?/m1/s1. The summed E-state index contributed by atoms with van der Waals surface area (Å²) >= 11 is 1.53. The summed E-state index contributed by atoms with van der Waals surface area (Å²) in [6.07, 6.45) is 13.1. The Hall–Kier alpha value is -1.29. The summed E-state index contributed by atoms with van der Waals surface area (Å²) in [5, 5.41) is 10.2. The summed E-state index contributed by atoms with van der Waals surface area (Å²) in [7, 11) is 0. The largest absolute Gasteiger partial charge is 0.393 e. The number of aryl methyl sites for hydroxylation is 1. The van der Waals surface area contributed by atoms with Crippen molar-refractivity contribution < 1.29 is 9.29 Å². The summed E-state index contributed by atoms with van der Waals surface area (Å²) in [5.41, 5.74) is 4.60. The topological polar surface area (TPSA) is 29.5 Å². The molecule has 0 amide bonds. The first-order valence-electron chi connectivity index (χ1n) is 17.1. The summed E-state index contributed by atoms with van der Waals surface area (Å²) < 4.78 is 6.27. The molecular weight excluding hydrogens is 532 g/mol. The SMILES string of the molecule is CCCC(C)(C)C(CCCC(C)CCC1C[C@H](O)CCC1(C)C)[C@H](C)COSc1ccc(-c2ccc(CC)cc2)cc1. The van der Waals surface area contributed by atoms with Gasteiger partial charge in [0.2, 0.25) is 0 Å². The zero-order chi connectivity index (χ0) is 30.8. The van der Waals surface area contributed by atoms with Crippen LogP contribution in [0.5, 0.6) is 0 Å². The molecule has 2 nitrogen and oxygen atoms in total. The third-order valence-corrected chi connectivity index (χ3v) is 11.3. The van der Waals surface area contributed by atoms with E-state index in [0.717, 1.165) is 31.8 Å². The molecule has 3 rings (SSSR count). The molecular formula is C39H62O2S. The van der Waals surface area contributed by atoms with Crippen LogP contribution in [0.1, 0.15) is 125 Å². The first kappa shape index (κ1) is 35.2. The molecule has 2 aromatic rings. The Morgan fingerprint density at radius 2 is 1.60 bits per heavy atom. The minimum atomic E-state index is -0.0791. The van der Waals surface area contributed by atoms with Crippen LogP contribution >= 0.6 is 12.0 Å². The molecule has 1 fully saturated rings. The van der Waals surface area contributed by atoms with Crippen molar-refractivity contribution in [1.82, 2.24) is 0 Å². The Kier molecular flexibility index (Phi) is 14.0. The monoisotopic (exact) mass is 594 g/mol. The fourth-order valence-electron chi connectivity index (χ4n) is 7.57. The van der Waals surface area contributed by atoms with Crippen molar-refractivity contribution >= 4 is 12.0 Å². The third-order valence-electron chi connectivity index (χ3n) is 10.6. The maximum Gasteiger partial charge on any atom is 0.0646 e. The highest BCUT2D eigenvalue weighted by atomic mass is 32.2. The highest BCUT2D eigenvalue weighted by molar-refractivity contribution is 7.94. The second-order valence-corrected chi connectivity index (χ2v) is 15.9. The van der Waals surface area contributed by atoms with Crippen molar-refractivity contribution in [3.05, 3.63) is 54.1 Å². The molecule has 0 bridgehead atoms. The molecule has 0 aliphatic heterocycles. The molecule has 1 aliphatic carbocycles.